The highest BCUT2D eigenvalue weighted by atomic mass is 79.9. The number of rotatable bonds is 4. The third-order valence-electron chi connectivity index (χ3n) is 2.04. The lowest BCUT2D eigenvalue weighted by Crippen LogP contribution is -2.28. The van der Waals surface area contributed by atoms with E-state index in [4.69, 9.17) is 0 Å². The molecule has 2 nitrogen and oxygen atoms in total. The van der Waals surface area contributed by atoms with Gasteiger partial charge in [-0.25, -0.2) is 4.39 Å². The van der Waals surface area contributed by atoms with Crippen LogP contribution in [0.25, 0.3) is 0 Å². The predicted octanol–water partition coefficient (Wildman–Crippen LogP) is 2.62. The lowest BCUT2D eigenvalue weighted by Gasteiger charge is -2.15. The predicted molar refractivity (Wildman–Crippen MR) is 62.2 cm³/mol. The van der Waals surface area contributed by atoms with Gasteiger partial charge in [0.2, 0.25) is 0 Å². The maximum absolute atomic E-state index is 13.0. The van der Waals surface area contributed by atoms with E-state index in [1.807, 2.05) is 13.8 Å². The Balaban J connectivity index is 2.72. The summed E-state index contributed by atoms with van der Waals surface area (Å²) in [4.78, 5) is 0. The van der Waals surface area contributed by atoms with Crippen molar-refractivity contribution in [2.24, 2.45) is 0 Å². The van der Waals surface area contributed by atoms with E-state index in [0.717, 1.165) is 4.47 Å². The molecule has 0 aliphatic carbocycles. The third-order valence-corrected chi connectivity index (χ3v) is 2.76. The molecule has 1 rings (SSSR count). The van der Waals surface area contributed by atoms with Crippen molar-refractivity contribution < 1.29 is 9.50 Å². The summed E-state index contributed by atoms with van der Waals surface area (Å²) in [5.41, 5.74) is 0.572. The van der Waals surface area contributed by atoms with Crippen LogP contribution in [0.3, 0.4) is 0 Å². The smallest absolute Gasteiger partial charge is 0.123 e. The Morgan fingerprint density at radius 3 is 2.73 bits per heavy atom. The number of aliphatic hydroxyl groups excluding tert-OH is 1. The van der Waals surface area contributed by atoms with Gasteiger partial charge in [-0.15, -0.1) is 0 Å². The van der Waals surface area contributed by atoms with Crippen LogP contribution in [0.2, 0.25) is 0 Å². The highest BCUT2D eigenvalue weighted by Gasteiger charge is 2.12. The fraction of sp³-hybridized carbons (Fsp3) is 0.455. The van der Waals surface area contributed by atoms with Gasteiger partial charge in [0.1, 0.15) is 5.82 Å². The summed E-state index contributed by atoms with van der Waals surface area (Å²) in [5, 5.41) is 12.9. The van der Waals surface area contributed by atoms with E-state index < -0.39 is 6.10 Å². The molecule has 0 fully saturated rings. The minimum Gasteiger partial charge on any atom is -0.387 e. The molecule has 1 aromatic carbocycles. The lowest BCUT2D eigenvalue weighted by molar-refractivity contribution is 0.170. The van der Waals surface area contributed by atoms with Gasteiger partial charge in [0.15, 0.2) is 0 Å². The van der Waals surface area contributed by atoms with Gasteiger partial charge in [0.05, 0.1) is 6.10 Å². The Bertz CT molecular complexity index is 330. The van der Waals surface area contributed by atoms with Gasteiger partial charge in [0.25, 0.3) is 0 Å². The normalized spacial score (nSPS) is 13.2. The van der Waals surface area contributed by atoms with Crippen LogP contribution in [0.15, 0.2) is 22.7 Å². The number of hydrogen-bond acceptors (Lipinski definition) is 2. The number of nitrogens with one attached hydrogen (secondary N) is 1. The molecule has 1 atom stereocenters. The van der Waals surface area contributed by atoms with Crippen LogP contribution in [-0.2, 0) is 0 Å². The molecule has 0 bridgehead atoms. The minimum atomic E-state index is -0.697. The molecule has 0 amide bonds. The molecule has 0 saturated heterocycles. The van der Waals surface area contributed by atoms with E-state index in [0.29, 0.717) is 18.2 Å². The van der Waals surface area contributed by atoms with Gasteiger partial charge in [0, 0.05) is 17.1 Å². The summed E-state index contributed by atoms with van der Waals surface area (Å²) in [5.74, 6) is -0.336. The van der Waals surface area contributed by atoms with Gasteiger partial charge in [-0.05, 0) is 23.8 Å². The maximum atomic E-state index is 13.0. The quantitative estimate of drug-likeness (QED) is 0.886. The van der Waals surface area contributed by atoms with E-state index in [1.54, 1.807) is 6.07 Å². The van der Waals surface area contributed by atoms with Gasteiger partial charge >= 0.3 is 0 Å². The SMILES string of the molecule is CC(C)NCC(O)c1cc(F)ccc1Br. The molecule has 15 heavy (non-hydrogen) atoms. The maximum Gasteiger partial charge on any atom is 0.123 e. The molecular weight excluding hydrogens is 261 g/mol. The standard InChI is InChI=1S/C11H15BrFNO/c1-7(2)14-6-11(15)9-5-8(13)3-4-10(9)12/h3-5,7,11,14-15H,6H2,1-2H3. The van der Waals surface area contributed by atoms with E-state index in [-0.39, 0.29) is 5.82 Å². The van der Waals surface area contributed by atoms with Crippen molar-refractivity contribution in [3.05, 3.63) is 34.1 Å². The minimum absolute atomic E-state index is 0.298. The molecule has 1 aromatic rings. The van der Waals surface area contributed by atoms with Crippen LogP contribution in [0, 0.1) is 5.82 Å². The highest BCUT2D eigenvalue weighted by molar-refractivity contribution is 9.10. The Hall–Kier alpha value is -0.450. The molecule has 1 unspecified atom stereocenters. The second-order valence-corrected chi connectivity index (χ2v) is 4.60. The van der Waals surface area contributed by atoms with Crippen LogP contribution >= 0.6 is 15.9 Å². The van der Waals surface area contributed by atoms with Gasteiger partial charge in [-0.1, -0.05) is 29.8 Å². The third kappa shape index (κ3) is 3.89. The van der Waals surface area contributed by atoms with Crippen molar-refractivity contribution in [3.8, 4) is 0 Å². The van der Waals surface area contributed by atoms with Crippen LogP contribution in [0.4, 0.5) is 4.39 Å². The van der Waals surface area contributed by atoms with Crippen molar-refractivity contribution >= 4 is 15.9 Å². The topological polar surface area (TPSA) is 32.3 Å². The number of halogens is 2. The Morgan fingerprint density at radius 1 is 1.47 bits per heavy atom. The zero-order valence-electron chi connectivity index (χ0n) is 8.80. The number of benzene rings is 1. The number of aliphatic hydroxyl groups is 1. The second-order valence-electron chi connectivity index (χ2n) is 3.74. The van der Waals surface area contributed by atoms with E-state index in [1.165, 1.54) is 12.1 Å². The van der Waals surface area contributed by atoms with Crippen LogP contribution in [0.1, 0.15) is 25.5 Å². The average molecular weight is 276 g/mol. The van der Waals surface area contributed by atoms with Crippen LogP contribution < -0.4 is 5.32 Å². The van der Waals surface area contributed by atoms with Crippen LogP contribution in [0.5, 0.6) is 0 Å². The highest BCUT2D eigenvalue weighted by Crippen LogP contribution is 2.23. The van der Waals surface area contributed by atoms with E-state index in [9.17, 15) is 9.50 Å². The zero-order valence-corrected chi connectivity index (χ0v) is 10.4. The monoisotopic (exact) mass is 275 g/mol. The average Bonchev–Trinajstić information content (AvgIpc) is 2.18. The molecule has 0 saturated carbocycles. The van der Waals surface area contributed by atoms with Gasteiger partial charge < -0.3 is 10.4 Å². The van der Waals surface area contributed by atoms with E-state index in [2.05, 4.69) is 21.2 Å². The lowest BCUT2D eigenvalue weighted by atomic mass is 10.1. The van der Waals surface area contributed by atoms with Gasteiger partial charge in [-0.2, -0.15) is 0 Å². The van der Waals surface area contributed by atoms with Crippen molar-refractivity contribution in [2.75, 3.05) is 6.54 Å². The van der Waals surface area contributed by atoms with Crippen molar-refractivity contribution in [3.63, 3.8) is 0 Å². The molecule has 0 aliphatic heterocycles. The van der Waals surface area contributed by atoms with Crippen LogP contribution in [-0.4, -0.2) is 17.7 Å². The molecule has 2 N–H and O–H groups in total. The molecular formula is C11H15BrFNO. The first-order valence-corrected chi connectivity index (χ1v) is 5.66. The first-order valence-electron chi connectivity index (χ1n) is 4.87. The summed E-state index contributed by atoms with van der Waals surface area (Å²) < 4.78 is 13.7. The molecule has 0 spiro atoms. The number of hydrogen-bond donors (Lipinski definition) is 2. The van der Waals surface area contributed by atoms with Crippen molar-refractivity contribution in [1.82, 2.24) is 5.32 Å². The second kappa shape index (κ2) is 5.58. The molecule has 0 heterocycles. The molecule has 0 aliphatic rings. The summed E-state index contributed by atoms with van der Waals surface area (Å²) >= 11 is 3.28. The van der Waals surface area contributed by atoms with E-state index >= 15 is 0 Å². The summed E-state index contributed by atoms with van der Waals surface area (Å²) in [6.45, 7) is 4.40. The summed E-state index contributed by atoms with van der Waals surface area (Å²) in [7, 11) is 0. The molecule has 0 radical (unpaired) electrons. The molecule has 4 heteroatoms. The molecule has 0 aromatic heterocycles. The largest absolute Gasteiger partial charge is 0.387 e. The van der Waals surface area contributed by atoms with Crippen molar-refractivity contribution in [2.45, 2.75) is 26.0 Å². The Labute approximate surface area is 97.6 Å². The first-order chi connectivity index (χ1) is 7.00. The summed E-state index contributed by atoms with van der Waals surface area (Å²) in [6.07, 6.45) is -0.697. The van der Waals surface area contributed by atoms with Crippen molar-refractivity contribution in [1.29, 1.82) is 0 Å². The fourth-order valence-corrected chi connectivity index (χ4v) is 1.74. The fourth-order valence-electron chi connectivity index (χ4n) is 1.23. The zero-order chi connectivity index (χ0) is 11.4. The summed E-state index contributed by atoms with van der Waals surface area (Å²) in [6, 6.07) is 4.60. The Morgan fingerprint density at radius 2 is 2.13 bits per heavy atom. The Kier molecular flexibility index (Phi) is 4.70. The molecule has 84 valence electrons. The first kappa shape index (κ1) is 12.6. The van der Waals surface area contributed by atoms with Gasteiger partial charge in [-0.3, -0.25) is 0 Å².